The normalized spacial score (nSPS) is 24.6. The molecule has 0 unspecified atom stereocenters. The number of nitrogens with two attached hydrogens (primary N) is 1. The molecule has 0 fully saturated rings. The van der Waals surface area contributed by atoms with E-state index in [0.717, 1.165) is 5.56 Å². The van der Waals surface area contributed by atoms with Gasteiger partial charge in [-0.2, -0.15) is 0 Å². The van der Waals surface area contributed by atoms with Crippen molar-refractivity contribution < 1.29 is 5.11 Å². The molecule has 0 saturated heterocycles. The number of rotatable bonds is 0. The number of aliphatic hydroxyl groups excluding tert-OH is 1. The molecule has 0 aromatic heterocycles. The van der Waals surface area contributed by atoms with Gasteiger partial charge in [0, 0.05) is 6.42 Å². The topological polar surface area (TPSA) is 46.2 Å². The summed E-state index contributed by atoms with van der Waals surface area (Å²) in [5, 5.41) is 9.39. The molecule has 0 radical (unpaired) electrons. The van der Waals surface area contributed by atoms with Gasteiger partial charge >= 0.3 is 0 Å². The molecule has 1 aliphatic carbocycles. The molecule has 72 valence electrons. The summed E-state index contributed by atoms with van der Waals surface area (Å²) in [6, 6.07) is 7.76. The van der Waals surface area contributed by atoms with E-state index < -0.39 is 0 Å². The number of aliphatic hydroxyl groups is 1. The Kier molecular flexibility index (Phi) is 3.46. The Bertz CT molecular complexity index is 273. The molecule has 2 atom stereocenters. The van der Waals surface area contributed by atoms with Gasteiger partial charge in [-0.05, 0) is 11.1 Å². The van der Waals surface area contributed by atoms with Crippen molar-refractivity contribution in [3.63, 3.8) is 0 Å². The van der Waals surface area contributed by atoms with Crippen LogP contribution in [0.5, 0.6) is 0 Å². The molecule has 2 rings (SSSR count). The maximum atomic E-state index is 9.39. The largest absolute Gasteiger partial charge is 0.391 e. The van der Waals surface area contributed by atoms with Crippen molar-refractivity contribution in [2.45, 2.75) is 32.4 Å². The van der Waals surface area contributed by atoms with Gasteiger partial charge in [0.15, 0.2) is 0 Å². The van der Waals surface area contributed by atoms with E-state index in [1.54, 1.807) is 0 Å². The lowest BCUT2D eigenvalue weighted by Gasteiger charge is -2.07. The second-order valence-corrected chi connectivity index (χ2v) is 3.00. The summed E-state index contributed by atoms with van der Waals surface area (Å²) < 4.78 is 0. The molecule has 2 nitrogen and oxygen atoms in total. The third-order valence-corrected chi connectivity index (χ3v) is 2.26. The number of hydrogen-bond acceptors (Lipinski definition) is 2. The predicted octanol–water partition coefficient (Wildman–Crippen LogP) is 1.63. The molecule has 1 aliphatic rings. The highest BCUT2D eigenvalue weighted by atomic mass is 16.3. The summed E-state index contributed by atoms with van der Waals surface area (Å²) in [6.45, 7) is 4.00. The Morgan fingerprint density at radius 2 is 1.92 bits per heavy atom. The Labute approximate surface area is 79.4 Å². The SMILES string of the molecule is CC.N[C@@H]1c2ccccc2C[C@@H]1O. The molecule has 0 saturated carbocycles. The summed E-state index contributed by atoms with van der Waals surface area (Å²) in [5.41, 5.74) is 8.02. The van der Waals surface area contributed by atoms with Gasteiger partial charge in [0.05, 0.1) is 12.1 Å². The zero-order valence-electron chi connectivity index (χ0n) is 8.20. The fourth-order valence-electron chi connectivity index (χ4n) is 1.60. The van der Waals surface area contributed by atoms with E-state index in [1.807, 2.05) is 38.1 Å². The van der Waals surface area contributed by atoms with Crippen LogP contribution in [-0.2, 0) is 6.42 Å². The molecule has 0 aliphatic heterocycles. The molecule has 13 heavy (non-hydrogen) atoms. The maximum absolute atomic E-state index is 9.39. The van der Waals surface area contributed by atoms with Gasteiger partial charge in [0.25, 0.3) is 0 Å². The van der Waals surface area contributed by atoms with Crippen molar-refractivity contribution in [1.29, 1.82) is 0 Å². The standard InChI is InChI=1S/C9H11NO.C2H6/c10-9-7-4-2-1-3-6(7)5-8(9)11;1-2/h1-4,8-9,11H,5,10H2;1-2H3/t8-,9+;/m0./s1. The number of benzene rings is 1. The van der Waals surface area contributed by atoms with Crippen molar-refractivity contribution in [2.24, 2.45) is 5.73 Å². The van der Waals surface area contributed by atoms with Crippen LogP contribution in [0.15, 0.2) is 24.3 Å². The molecule has 2 heteroatoms. The fourth-order valence-corrected chi connectivity index (χ4v) is 1.60. The molecule has 0 amide bonds. The van der Waals surface area contributed by atoms with Crippen LogP contribution in [0.2, 0.25) is 0 Å². The number of fused-ring (bicyclic) bond motifs is 1. The first kappa shape index (κ1) is 10.2. The lowest BCUT2D eigenvalue weighted by molar-refractivity contribution is 0.158. The highest BCUT2D eigenvalue weighted by Crippen LogP contribution is 2.28. The van der Waals surface area contributed by atoms with Crippen LogP contribution >= 0.6 is 0 Å². The average Bonchev–Trinajstić information content (AvgIpc) is 2.47. The van der Waals surface area contributed by atoms with E-state index in [9.17, 15) is 5.11 Å². The van der Waals surface area contributed by atoms with Crippen molar-refractivity contribution in [3.05, 3.63) is 35.4 Å². The highest BCUT2D eigenvalue weighted by molar-refractivity contribution is 5.35. The van der Waals surface area contributed by atoms with Crippen LogP contribution in [0.4, 0.5) is 0 Å². The molecular weight excluding hydrogens is 162 g/mol. The summed E-state index contributed by atoms with van der Waals surface area (Å²) in [7, 11) is 0. The van der Waals surface area contributed by atoms with Crippen molar-refractivity contribution >= 4 is 0 Å². The highest BCUT2D eigenvalue weighted by Gasteiger charge is 2.26. The van der Waals surface area contributed by atoms with Crippen LogP contribution in [0.1, 0.15) is 31.0 Å². The minimum absolute atomic E-state index is 0.175. The minimum atomic E-state index is -0.382. The Hall–Kier alpha value is -0.860. The van der Waals surface area contributed by atoms with Gasteiger partial charge in [-0.25, -0.2) is 0 Å². The molecule has 1 aromatic carbocycles. The lowest BCUT2D eigenvalue weighted by Crippen LogP contribution is -2.21. The van der Waals surface area contributed by atoms with Crippen LogP contribution in [0.3, 0.4) is 0 Å². The van der Waals surface area contributed by atoms with E-state index >= 15 is 0 Å². The van der Waals surface area contributed by atoms with Crippen LogP contribution < -0.4 is 5.73 Å². The van der Waals surface area contributed by atoms with Gasteiger partial charge in [-0.1, -0.05) is 38.1 Å². The van der Waals surface area contributed by atoms with Gasteiger partial charge in [0.1, 0.15) is 0 Å². The quantitative estimate of drug-likeness (QED) is 0.636. The van der Waals surface area contributed by atoms with E-state index in [-0.39, 0.29) is 12.1 Å². The summed E-state index contributed by atoms with van der Waals surface area (Å²) in [5.74, 6) is 0. The Morgan fingerprint density at radius 1 is 1.31 bits per heavy atom. The molecule has 0 heterocycles. The first-order valence-electron chi connectivity index (χ1n) is 4.80. The molecule has 0 bridgehead atoms. The molecule has 0 spiro atoms. The van der Waals surface area contributed by atoms with Gasteiger partial charge in [-0.15, -0.1) is 0 Å². The fraction of sp³-hybridized carbons (Fsp3) is 0.455. The van der Waals surface area contributed by atoms with Gasteiger partial charge < -0.3 is 10.8 Å². The number of hydrogen-bond donors (Lipinski definition) is 2. The van der Waals surface area contributed by atoms with Crippen LogP contribution in [0, 0.1) is 0 Å². The van der Waals surface area contributed by atoms with Crippen LogP contribution in [-0.4, -0.2) is 11.2 Å². The van der Waals surface area contributed by atoms with Crippen molar-refractivity contribution in [1.82, 2.24) is 0 Å². The average molecular weight is 179 g/mol. The molecule has 3 N–H and O–H groups in total. The predicted molar refractivity (Wildman–Crippen MR) is 54.4 cm³/mol. The second kappa shape index (κ2) is 4.40. The van der Waals surface area contributed by atoms with Gasteiger partial charge in [-0.3, -0.25) is 0 Å². The molecular formula is C11H17NO. The minimum Gasteiger partial charge on any atom is -0.391 e. The zero-order chi connectivity index (χ0) is 9.84. The monoisotopic (exact) mass is 179 g/mol. The third-order valence-electron chi connectivity index (χ3n) is 2.26. The Morgan fingerprint density at radius 3 is 2.54 bits per heavy atom. The van der Waals surface area contributed by atoms with Crippen molar-refractivity contribution in [3.8, 4) is 0 Å². The smallest absolute Gasteiger partial charge is 0.0773 e. The summed E-state index contributed by atoms with van der Waals surface area (Å²) >= 11 is 0. The zero-order valence-corrected chi connectivity index (χ0v) is 8.20. The first-order chi connectivity index (χ1) is 6.29. The second-order valence-electron chi connectivity index (χ2n) is 3.00. The van der Waals surface area contributed by atoms with Gasteiger partial charge in [0.2, 0.25) is 0 Å². The van der Waals surface area contributed by atoms with E-state index in [0.29, 0.717) is 6.42 Å². The molecule has 1 aromatic rings. The first-order valence-corrected chi connectivity index (χ1v) is 4.80. The lowest BCUT2D eigenvalue weighted by atomic mass is 10.1. The summed E-state index contributed by atoms with van der Waals surface area (Å²) in [4.78, 5) is 0. The van der Waals surface area contributed by atoms with E-state index in [1.165, 1.54) is 5.56 Å². The summed E-state index contributed by atoms with van der Waals surface area (Å²) in [6.07, 6.45) is 0.324. The maximum Gasteiger partial charge on any atom is 0.0773 e. The third kappa shape index (κ3) is 1.90. The van der Waals surface area contributed by atoms with Crippen molar-refractivity contribution in [2.75, 3.05) is 0 Å². The van der Waals surface area contributed by atoms with E-state index in [4.69, 9.17) is 5.73 Å². The van der Waals surface area contributed by atoms with E-state index in [2.05, 4.69) is 0 Å². The van der Waals surface area contributed by atoms with Crippen LogP contribution in [0.25, 0.3) is 0 Å². The Balaban J connectivity index is 0.000000396.